The van der Waals surface area contributed by atoms with Crippen LogP contribution in [0.4, 0.5) is 0 Å². The zero-order valence-corrected chi connectivity index (χ0v) is 15.9. The number of hydrogen-bond acceptors (Lipinski definition) is 3. The Kier molecular flexibility index (Phi) is 5.16. The van der Waals surface area contributed by atoms with Gasteiger partial charge in [0.2, 0.25) is 10.0 Å². The Morgan fingerprint density at radius 3 is 2.42 bits per heavy atom. The van der Waals surface area contributed by atoms with Crippen molar-refractivity contribution in [2.45, 2.75) is 44.2 Å². The molecular formula is C20H24N2O3S. The van der Waals surface area contributed by atoms with E-state index in [1.807, 2.05) is 42.2 Å². The van der Waals surface area contributed by atoms with Crippen molar-refractivity contribution in [3.63, 3.8) is 0 Å². The number of nitrogens with zero attached hydrogens (tertiary/aromatic N) is 1. The second kappa shape index (κ2) is 7.21. The first-order chi connectivity index (χ1) is 12.3. The van der Waals surface area contributed by atoms with E-state index in [0.29, 0.717) is 18.0 Å². The van der Waals surface area contributed by atoms with Crippen molar-refractivity contribution in [3.8, 4) is 0 Å². The van der Waals surface area contributed by atoms with Crippen molar-refractivity contribution in [3.05, 3.63) is 65.2 Å². The summed E-state index contributed by atoms with van der Waals surface area (Å²) in [6.45, 7) is 4.37. The molecule has 1 atom stereocenters. The second-order valence-corrected chi connectivity index (χ2v) is 8.58. The van der Waals surface area contributed by atoms with Gasteiger partial charge >= 0.3 is 0 Å². The number of hydrogen-bond donors (Lipinski definition) is 1. The van der Waals surface area contributed by atoms with Crippen molar-refractivity contribution in [2.24, 2.45) is 11.1 Å². The quantitative estimate of drug-likeness (QED) is 0.846. The highest BCUT2D eigenvalue weighted by atomic mass is 32.2. The van der Waals surface area contributed by atoms with E-state index in [2.05, 4.69) is 6.92 Å². The molecule has 0 radical (unpaired) electrons. The average Bonchev–Trinajstić information content (AvgIpc) is 3.44. The minimum absolute atomic E-state index is 0.0369. The molecule has 0 aromatic heterocycles. The van der Waals surface area contributed by atoms with Crippen molar-refractivity contribution < 1.29 is 13.2 Å². The number of nitrogens with two attached hydrogens (primary N) is 1. The van der Waals surface area contributed by atoms with E-state index < -0.39 is 10.0 Å². The summed E-state index contributed by atoms with van der Waals surface area (Å²) in [5.41, 5.74) is 2.18. The van der Waals surface area contributed by atoms with E-state index in [1.165, 1.54) is 12.1 Å². The smallest absolute Gasteiger partial charge is 0.254 e. The fraction of sp³-hybridized carbons (Fsp3) is 0.350. The fourth-order valence-electron chi connectivity index (χ4n) is 3.18. The molecule has 2 N–H and O–H groups in total. The van der Waals surface area contributed by atoms with Crippen molar-refractivity contribution in [2.75, 3.05) is 0 Å². The third-order valence-corrected chi connectivity index (χ3v) is 5.93. The average molecular weight is 372 g/mol. The molecule has 138 valence electrons. The predicted molar refractivity (Wildman–Crippen MR) is 101 cm³/mol. The summed E-state index contributed by atoms with van der Waals surface area (Å²) in [6, 6.07) is 14.4. The molecule has 0 spiro atoms. The second-order valence-electron chi connectivity index (χ2n) is 7.02. The summed E-state index contributed by atoms with van der Waals surface area (Å²) in [5, 5.41) is 5.24. The maximum absolute atomic E-state index is 13.3. The molecule has 1 aliphatic rings. The maximum Gasteiger partial charge on any atom is 0.254 e. The van der Waals surface area contributed by atoms with Gasteiger partial charge in [-0.2, -0.15) is 0 Å². The number of carbonyl (C=O) groups is 1. The molecule has 0 saturated heterocycles. The van der Waals surface area contributed by atoms with Crippen LogP contribution in [-0.2, 0) is 16.6 Å². The minimum atomic E-state index is -3.86. The lowest BCUT2D eigenvalue weighted by Gasteiger charge is -2.30. The number of primary sulfonamides is 1. The Morgan fingerprint density at radius 2 is 1.85 bits per heavy atom. The molecule has 5 nitrogen and oxygen atoms in total. The van der Waals surface area contributed by atoms with Gasteiger partial charge in [0.25, 0.3) is 5.91 Å². The third kappa shape index (κ3) is 4.14. The molecule has 1 unspecified atom stereocenters. The summed E-state index contributed by atoms with van der Waals surface area (Å²) in [6.07, 6.45) is 2.24. The Hall–Kier alpha value is -2.18. The summed E-state index contributed by atoms with van der Waals surface area (Å²) < 4.78 is 23.4. The van der Waals surface area contributed by atoms with Gasteiger partial charge in [0, 0.05) is 18.2 Å². The van der Waals surface area contributed by atoms with Gasteiger partial charge in [-0.3, -0.25) is 4.79 Å². The van der Waals surface area contributed by atoms with Crippen LogP contribution >= 0.6 is 0 Å². The van der Waals surface area contributed by atoms with Crippen LogP contribution in [0.15, 0.2) is 53.4 Å². The topological polar surface area (TPSA) is 80.5 Å². The van der Waals surface area contributed by atoms with Crippen LogP contribution in [0.25, 0.3) is 0 Å². The summed E-state index contributed by atoms with van der Waals surface area (Å²) in [4.78, 5) is 15.1. The van der Waals surface area contributed by atoms with Gasteiger partial charge in [0.15, 0.2) is 0 Å². The number of carbonyl (C=O) groups excluding carboxylic acids is 1. The highest BCUT2D eigenvalue weighted by Crippen LogP contribution is 2.36. The summed E-state index contributed by atoms with van der Waals surface area (Å²) in [5.74, 6) is 0.348. The lowest BCUT2D eigenvalue weighted by Crippen LogP contribution is -2.39. The van der Waals surface area contributed by atoms with Crippen molar-refractivity contribution >= 4 is 15.9 Å². The van der Waals surface area contributed by atoms with Crippen molar-refractivity contribution in [1.29, 1.82) is 0 Å². The highest BCUT2D eigenvalue weighted by molar-refractivity contribution is 7.89. The molecule has 6 heteroatoms. The predicted octanol–water partition coefficient (Wildman–Crippen LogP) is 3.08. The third-order valence-electron chi connectivity index (χ3n) is 5.02. The Labute approximate surface area is 154 Å². The highest BCUT2D eigenvalue weighted by Gasteiger charge is 2.35. The molecular weight excluding hydrogens is 348 g/mol. The first-order valence-electron chi connectivity index (χ1n) is 8.75. The molecule has 0 bridgehead atoms. The number of rotatable bonds is 6. The van der Waals surface area contributed by atoms with E-state index in [1.54, 1.807) is 6.07 Å². The Bertz CT molecular complexity index is 906. The largest absolute Gasteiger partial charge is 0.331 e. The summed E-state index contributed by atoms with van der Waals surface area (Å²) >= 11 is 0. The number of aryl methyl sites for hydroxylation is 1. The van der Waals surface area contributed by atoms with Gasteiger partial charge in [0.05, 0.1) is 4.90 Å². The molecule has 1 amide bonds. The fourth-order valence-corrected chi connectivity index (χ4v) is 3.72. The van der Waals surface area contributed by atoms with Gasteiger partial charge in [0.1, 0.15) is 0 Å². The number of sulfonamides is 1. The van der Waals surface area contributed by atoms with Gasteiger partial charge < -0.3 is 4.90 Å². The van der Waals surface area contributed by atoms with Crippen LogP contribution < -0.4 is 5.14 Å². The molecule has 1 aliphatic carbocycles. The zero-order valence-electron chi connectivity index (χ0n) is 15.1. The lowest BCUT2D eigenvalue weighted by molar-refractivity contribution is 0.0653. The zero-order chi connectivity index (χ0) is 18.9. The minimum Gasteiger partial charge on any atom is -0.331 e. The molecule has 1 saturated carbocycles. The van der Waals surface area contributed by atoms with Crippen LogP contribution in [0.5, 0.6) is 0 Å². The molecule has 0 aliphatic heterocycles. The molecule has 0 heterocycles. The van der Waals surface area contributed by atoms with Crippen LogP contribution in [0.2, 0.25) is 0 Å². The van der Waals surface area contributed by atoms with Gasteiger partial charge in [-0.05, 0) is 55.9 Å². The van der Waals surface area contributed by atoms with E-state index in [0.717, 1.165) is 24.0 Å². The first-order valence-corrected chi connectivity index (χ1v) is 10.3. The van der Waals surface area contributed by atoms with E-state index in [-0.39, 0.29) is 16.8 Å². The normalized spacial score (nSPS) is 15.5. The Morgan fingerprint density at radius 1 is 1.19 bits per heavy atom. The monoisotopic (exact) mass is 372 g/mol. The number of amides is 1. The Balaban J connectivity index is 1.97. The van der Waals surface area contributed by atoms with Gasteiger partial charge in [-0.1, -0.05) is 36.4 Å². The van der Waals surface area contributed by atoms with Crippen LogP contribution in [0.1, 0.15) is 41.3 Å². The lowest BCUT2D eigenvalue weighted by atomic mass is 10.0. The SMILES string of the molecule is Cc1ccc(S(N)(=O)=O)cc1C(=O)N(Cc1ccccc1)C(C)C1CC1. The molecule has 2 aromatic rings. The molecule has 3 rings (SSSR count). The first kappa shape index (κ1) is 18.6. The van der Waals surface area contributed by atoms with Crippen LogP contribution in [0, 0.1) is 12.8 Å². The van der Waals surface area contributed by atoms with Crippen molar-refractivity contribution in [1.82, 2.24) is 4.90 Å². The standard InChI is InChI=1S/C20H24N2O3S/c1-14-8-11-18(26(21,24)25)12-19(14)20(23)22(15(2)17-9-10-17)13-16-6-4-3-5-7-16/h3-8,11-12,15,17H,9-10,13H2,1-2H3,(H2,21,24,25). The van der Waals surface area contributed by atoms with Gasteiger partial charge in [-0.15, -0.1) is 0 Å². The van der Waals surface area contributed by atoms with E-state index in [9.17, 15) is 13.2 Å². The van der Waals surface area contributed by atoms with Gasteiger partial charge in [-0.25, -0.2) is 13.6 Å². The number of benzene rings is 2. The molecule has 26 heavy (non-hydrogen) atoms. The molecule has 1 fully saturated rings. The maximum atomic E-state index is 13.3. The van der Waals surface area contributed by atoms with E-state index in [4.69, 9.17) is 5.14 Å². The van der Waals surface area contributed by atoms with Crippen LogP contribution in [0.3, 0.4) is 0 Å². The summed E-state index contributed by atoms with van der Waals surface area (Å²) in [7, 11) is -3.86. The van der Waals surface area contributed by atoms with Crippen LogP contribution in [-0.4, -0.2) is 25.3 Å². The van der Waals surface area contributed by atoms with E-state index >= 15 is 0 Å². The molecule has 2 aromatic carbocycles.